The van der Waals surface area contributed by atoms with Crippen molar-refractivity contribution in [2.24, 2.45) is 5.92 Å². The van der Waals surface area contributed by atoms with Gasteiger partial charge >= 0.3 is 6.09 Å². The van der Waals surface area contributed by atoms with E-state index in [-0.39, 0.29) is 23.8 Å². The van der Waals surface area contributed by atoms with E-state index in [1.807, 2.05) is 38.1 Å². The predicted molar refractivity (Wildman–Crippen MR) is 139 cm³/mol. The van der Waals surface area contributed by atoms with Gasteiger partial charge in [0.2, 0.25) is 11.8 Å². The summed E-state index contributed by atoms with van der Waals surface area (Å²) in [7, 11) is 0. The molecule has 2 unspecified atom stereocenters. The van der Waals surface area contributed by atoms with Crippen LogP contribution in [0.1, 0.15) is 97.7 Å². The molecule has 1 aliphatic rings. The zero-order valence-corrected chi connectivity index (χ0v) is 22.6. The van der Waals surface area contributed by atoms with Crippen LogP contribution < -0.4 is 10.6 Å². The molecule has 1 fully saturated rings. The second-order valence-corrected chi connectivity index (χ2v) is 10.8. The number of ether oxygens (including phenoxy) is 1. The standard InChI is InChI=1S/C28H45N3O4/c1-8-10-11-18-29-25(32)24(21-14-12-20(9-2)13-15-21)31(22-16-17-22)26(33)23(19(3)4)30-27(34)35-28(5,6)7/h12-15,19,22-24H,8-11,16-18H2,1-7H3,(H,29,32)(H,30,34). The highest BCUT2D eigenvalue weighted by atomic mass is 16.6. The molecule has 2 atom stereocenters. The normalized spacial score (nSPS) is 15.3. The first kappa shape index (κ1) is 28.7. The average molecular weight is 488 g/mol. The van der Waals surface area contributed by atoms with Crippen LogP contribution in [0.5, 0.6) is 0 Å². The summed E-state index contributed by atoms with van der Waals surface area (Å²) < 4.78 is 5.42. The smallest absolute Gasteiger partial charge is 0.408 e. The first-order valence-electron chi connectivity index (χ1n) is 13.2. The summed E-state index contributed by atoms with van der Waals surface area (Å²) in [6.45, 7) is 13.9. The zero-order valence-electron chi connectivity index (χ0n) is 22.6. The minimum Gasteiger partial charge on any atom is -0.444 e. The van der Waals surface area contributed by atoms with Gasteiger partial charge in [0.15, 0.2) is 0 Å². The number of rotatable bonds is 12. The van der Waals surface area contributed by atoms with E-state index in [9.17, 15) is 14.4 Å². The Morgan fingerprint density at radius 3 is 2.17 bits per heavy atom. The summed E-state index contributed by atoms with van der Waals surface area (Å²) in [5.41, 5.74) is 1.29. The van der Waals surface area contributed by atoms with Gasteiger partial charge in [-0.1, -0.05) is 64.8 Å². The molecule has 0 saturated heterocycles. The van der Waals surface area contributed by atoms with Crippen molar-refractivity contribution in [1.29, 1.82) is 0 Å². The Kier molecular flexibility index (Phi) is 10.6. The molecular weight excluding hydrogens is 442 g/mol. The first-order valence-corrected chi connectivity index (χ1v) is 13.2. The number of carbonyl (C=O) groups excluding carboxylic acids is 3. The van der Waals surface area contributed by atoms with Crippen LogP contribution in [-0.2, 0) is 20.7 Å². The largest absolute Gasteiger partial charge is 0.444 e. The van der Waals surface area contributed by atoms with Gasteiger partial charge in [-0.3, -0.25) is 9.59 Å². The number of nitrogens with one attached hydrogen (secondary N) is 2. The molecule has 0 radical (unpaired) electrons. The SMILES string of the molecule is CCCCCNC(=O)C(c1ccc(CC)cc1)N(C(=O)C(NC(=O)OC(C)(C)C)C(C)C)C1CC1. The molecule has 1 aromatic carbocycles. The fraction of sp³-hybridized carbons (Fsp3) is 0.679. The number of aryl methyl sites for hydroxylation is 1. The fourth-order valence-electron chi connectivity index (χ4n) is 4.04. The molecule has 0 heterocycles. The highest BCUT2D eigenvalue weighted by molar-refractivity contribution is 5.92. The molecule has 7 nitrogen and oxygen atoms in total. The van der Waals surface area contributed by atoms with Gasteiger partial charge in [0.05, 0.1) is 0 Å². The van der Waals surface area contributed by atoms with Gasteiger partial charge in [0.1, 0.15) is 17.7 Å². The second-order valence-electron chi connectivity index (χ2n) is 10.8. The number of carbonyl (C=O) groups is 3. The third-order valence-electron chi connectivity index (χ3n) is 6.11. The van der Waals surface area contributed by atoms with Crippen molar-refractivity contribution >= 4 is 17.9 Å². The summed E-state index contributed by atoms with van der Waals surface area (Å²) in [6.07, 6.45) is 4.96. The summed E-state index contributed by atoms with van der Waals surface area (Å²) in [5, 5.41) is 5.83. The molecule has 196 valence electrons. The van der Waals surface area contributed by atoms with Crippen LogP contribution in [0.15, 0.2) is 24.3 Å². The molecule has 0 bridgehead atoms. The van der Waals surface area contributed by atoms with Crippen LogP contribution in [-0.4, -0.2) is 47.0 Å². The Morgan fingerprint density at radius 1 is 1.06 bits per heavy atom. The van der Waals surface area contributed by atoms with E-state index in [4.69, 9.17) is 4.74 Å². The maximum absolute atomic E-state index is 14.0. The monoisotopic (exact) mass is 487 g/mol. The second kappa shape index (κ2) is 12.9. The van der Waals surface area contributed by atoms with Crippen molar-refractivity contribution < 1.29 is 19.1 Å². The molecule has 3 amide bonds. The number of alkyl carbamates (subject to hydrolysis) is 1. The van der Waals surface area contributed by atoms with Crippen molar-refractivity contribution in [1.82, 2.24) is 15.5 Å². The Labute approximate surface area is 211 Å². The predicted octanol–water partition coefficient (Wildman–Crippen LogP) is 5.14. The Bertz CT molecular complexity index is 841. The highest BCUT2D eigenvalue weighted by Crippen LogP contribution is 2.36. The Morgan fingerprint density at radius 2 is 1.69 bits per heavy atom. The van der Waals surface area contributed by atoms with Crippen LogP contribution in [0.25, 0.3) is 0 Å². The molecule has 2 rings (SSSR count). The topological polar surface area (TPSA) is 87.7 Å². The van der Waals surface area contributed by atoms with Gasteiger partial charge in [0.25, 0.3) is 0 Å². The molecular formula is C28H45N3O4. The maximum Gasteiger partial charge on any atom is 0.408 e. The van der Waals surface area contributed by atoms with Crippen LogP contribution in [0.3, 0.4) is 0 Å². The zero-order chi connectivity index (χ0) is 26.2. The highest BCUT2D eigenvalue weighted by Gasteiger charge is 2.44. The summed E-state index contributed by atoms with van der Waals surface area (Å²) in [6, 6.07) is 6.36. The third-order valence-corrected chi connectivity index (χ3v) is 6.11. The molecule has 0 aromatic heterocycles. The van der Waals surface area contributed by atoms with Gasteiger partial charge in [-0.15, -0.1) is 0 Å². The van der Waals surface area contributed by atoms with Gasteiger partial charge < -0.3 is 20.3 Å². The molecule has 35 heavy (non-hydrogen) atoms. The Hall–Kier alpha value is -2.57. The number of unbranched alkanes of at least 4 members (excludes halogenated alkanes) is 2. The Balaban J connectivity index is 2.37. The van der Waals surface area contributed by atoms with Gasteiger partial charge in [-0.2, -0.15) is 0 Å². The lowest BCUT2D eigenvalue weighted by molar-refractivity contribution is -0.144. The average Bonchev–Trinajstić information content (AvgIpc) is 3.62. The fourth-order valence-corrected chi connectivity index (χ4v) is 4.04. The number of hydrogen-bond acceptors (Lipinski definition) is 4. The van der Waals surface area contributed by atoms with Crippen LogP contribution in [0, 0.1) is 5.92 Å². The maximum atomic E-state index is 14.0. The van der Waals surface area contributed by atoms with Crippen molar-refractivity contribution in [2.75, 3.05) is 6.54 Å². The molecule has 1 aliphatic carbocycles. The van der Waals surface area contributed by atoms with Crippen molar-refractivity contribution in [2.45, 2.75) is 111 Å². The lowest BCUT2D eigenvalue weighted by Crippen LogP contribution is -2.55. The van der Waals surface area contributed by atoms with E-state index in [2.05, 4.69) is 24.5 Å². The quantitative estimate of drug-likeness (QED) is 0.400. The van der Waals surface area contributed by atoms with E-state index in [1.165, 1.54) is 5.56 Å². The van der Waals surface area contributed by atoms with Crippen LogP contribution in [0.4, 0.5) is 4.79 Å². The van der Waals surface area contributed by atoms with E-state index in [0.29, 0.717) is 6.54 Å². The van der Waals surface area contributed by atoms with E-state index in [0.717, 1.165) is 44.1 Å². The molecule has 7 heteroatoms. The number of nitrogens with zero attached hydrogens (tertiary/aromatic N) is 1. The third kappa shape index (κ3) is 8.86. The molecule has 0 spiro atoms. The van der Waals surface area contributed by atoms with Gasteiger partial charge in [-0.05, 0) is 63.5 Å². The minimum absolute atomic E-state index is 0.0265. The van der Waals surface area contributed by atoms with Crippen molar-refractivity contribution in [3.05, 3.63) is 35.4 Å². The van der Waals surface area contributed by atoms with Gasteiger partial charge in [0, 0.05) is 12.6 Å². The molecule has 2 N–H and O–H groups in total. The molecule has 1 saturated carbocycles. The molecule has 1 aromatic rings. The van der Waals surface area contributed by atoms with E-state index < -0.39 is 23.8 Å². The first-order chi connectivity index (χ1) is 16.5. The molecule has 0 aliphatic heterocycles. The number of benzene rings is 1. The summed E-state index contributed by atoms with van der Waals surface area (Å²) >= 11 is 0. The van der Waals surface area contributed by atoms with E-state index in [1.54, 1.807) is 25.7 Å². The lowest BCUT2D eigenvalue weighted by Gasteiger charge is -2.36. The lowest BCUT2D eigenvalue weighted by atomic mass is 9.97. The number of hydrogen-bond donors (Lipinski definition) is 2. The number of amides is 3. The van der Waals surface area contributed by atoms with Crippen molar-refractivity contribution in [3.8, 4) is 0 Å². The van der Waals surface area contributed by atoms with Crippen LogP contribution >= 0.6 is 0 Å². The summed E-state index contributed by atoms with van der Waals surface area (Å²) in [4.78, 5) is 41.7. The van der Waals surface area contributed by atoms with Crippen molar-refractivity contribution in [3.63, 3.8) is 0 Å². The van der Waals surface area contributed by atoms with Crippen LogP contribution in [0.2, 0.25) is 0 Å². The van der Waals surface area contributed by atoms with Gasteiger partial charge in [-0.25, -0.2) is 4.79 Å². The summed E-state index contributed by atoms with van der Waals surface area (Å²) in [5.74, 6) is -0.598. The minimum atomic E-state index is -0.796. The van der Waals surface area contributed by atoms with E-state index >= 15 is 0 Å².